The molecule has 1 heterocycles. The van der Waals surface area contributed by atoms with Gasteiger partial charge in [0.2, 0.25) is 0 Å². The highest BCUT2D eigenvalue weighted by molar-refractivity contribution is 9.10. The predicted molar refractivity (Wildman–Crippen MR) is 82.1 cm³/mol. The van der Waals surface area contributed by atoms with Gasteiger partial charge in [-0.25, -0.2) is 9.97 Å². The van der Waals surface area contributed by atoms with Crippen LogP contribution in [0.15, 0.2) is 28.7 Å². The number of nitro groups is 1. The first-order chi connectivity index (χ1) is 10.1. The van der Waals surface area contributed by atoms with Crippen LogP contribution in [-0.2, 0) is 11.3 Å². The summed E-state index contributed by atoms with van der Waals surface area (Å²) in [6, 6.07) is 6.21. The summed E-state index contributed by atoms with van der Waals surface area (Å²) in [4.78, 5) is 19.2. The fourth-order valence-electron chi connectivity index (χ4n) is 1.78. The zero-order chi connectivity index (χ0) is 15.4. The molecule has 1 aromatic heterocycles. The third-order valence-corrected chi connectivity index (χ3v) is 3.59. The minimum Gasteiger partial charge on any atom is -0.378 e. The van der Waals surface area contributed by atoms with Crippen LogP contribution in [0.5, 0.6) is 0 Å². The molecule has 21 heavy (non-hydrogen) atoms. The Hall–Kier alpha value is -2.06. The Morgan fingerprint density at radius 3 is 2.81 bits per heavy atom. The lowest BCUT2D eigenvalue weighted by atomic mass is 10.2. The first kappa shape index (κ1) is 15.3. The molecule has 0 amide bonds. The minimum atomic E-state index is -0.447. The van der Waals surface area contributed by atoms with Gasteiger partial charge in [0, 0.05) is 31.9 Å². The average molecular weight is 353 g/mol. The second-order valence-corrected chi connectivity index (χ2v) is 4.94. The van der Waals surface area contributed by atoms with Crippen LogP contribution in [0.4, 0.5) is 11.5 Å². The fraction of sp³-hybridized carbons (Fsp3) is 0.231. The smallest absolute Gasteiger partial charge is 0.270 e. The van der Waals surface area contributed by atoms with Crippen molar-refractivity contribution in [2.45, 2.75) is 6.61 Å². The molecule has 0 fully saturated rings. The maximum Gasteiger partial charge on any atom is 0.270 e. The minimum absolute atomic E-state index is 0.00156. The Kier molecular flexibility index (Phi) is 4.81. The molecule has 0 aliphatic heterocycles. The molecule has 0 aliphatic rings. The first-order valence-electron chi connectivity index (χ1n) is 6.04. The number of rotatable bonds is 5. The molecular weight excluding hydrogens is 340 g/mol. The third-order valence-electron chi connectivity index (χ3n) is 2.75. The monoisotopic (exact) mass is 352 g/mol. The van der Waals surface area contributed by atoms with Crippen molar-refractivity contribution in [1.29, 1.82) is 0 Å². The first-order valence-corrected chi connectivity index (χ1v) is 6.84. The summed E-state index contributed by atoms with van der Waals surface area (Å²) < 4.78 is 5.81. The van der Waals surface area contributed by atoms with E-state index in [4.69, 9.17) is 4.74 Å². The molecule has 0 spiro atoms. The van der Waals surface area contributed by atoms with Gasteiger partial charge in [-0.05, 0) is 15.9 Å². The van der Waals surface area contributed by atoms with Crippen molar-refractivity contribution in [1.82, 2.24) is 9.97 Å². The fourth-order valence-corrected chi connectivity index (χ4v) is 2.27. The van der Waals surface area contributed by atoms with Gasteiger partial charge in [0.25, 0.3) is 5.69 Å². The molecule has 0 saturated carbocycles. The van der Waals surface area contributed by atoms with Gasteiger partial charge in [0.05, 0.1) is 21.7 Å². The van der Waals surface area contributed by atoms with Crippen molar-refractivity contribution in [2.75, 3.05) is 19.5 Å². The predicted octanol–water partition coefficient (Wildman–Crippen LogP) is 3.00. The topological polar surface area (TPSA) is 90.2 Å². The zero-order valence-electron chi connectivity index (χ0n) is 11.5. The summed E-state index contributed by atoms with van der Waals surface area (Å²) in [5.74, 6) is 0.997. The summed E-state index contributed by atoms with van der Waals surface area (Å²) in [6.07, 6.45) is 0. The second kappa shape index (κ2) is 6.59. The zero-order valence-corrected chi connectivity index (χ0v) is 13.0. The van der Waals surface area contributed by atoms with Gasteiger partial charge in [-0.2, -0.15) is 0 Å². The van der Waals surface area contributed by atoms with E-state index in [2.05, 4.69) is 31.2 Å². The van der Waals surface area contributed by atoms with Crippen molar-refractivity contribution in [3.05, 3.63) is 44.5 Å². The van der Waals surface area contributed by atoms with E-state index < -0.39 is 4.92 Å². The number of nitrogens with zero attached hydrogens (tertiary/aromatic N) is 3. The van der Waals surface area contributed by atoms with Crippen LogP contribution in [0.1, 0.15) is 5.69 Å². The number of hydrogen-bond donors (Lipinski definition) is 1. The van der Waals surface area contributed by atoms with Gasteiger partial charge in [-0.1, -0.05) is 12.1 Å². The van der Waals surface area contributed by atoms with Gasteiger partial charge in [-0.15, -0.1) is 0 Å². The van der Waals surface area contributed by atoms with E-state index in [1.54, 1.807) is 26.3 Å². The van der Waals surface area contributed by atoms with Gasteiger partial charge in [0.15, 0.2) is 5.82 Å². The van der Waals surface area contributed by atoms with Gasteiger partial charge in [0.1, 0.15) is 5.82 Å². The highest BCUT2D eigenvalue weighted by atomic mass is 79.9. The summed E-state index contributed by atoms with van der Waals surface area (Å²) in [5, 5.41) is 13.8. The van der Waals surface area contributed by atoms with E-state index in [9.17, 15) is 10.1 Å². The van der Waals surface area contributed by atoms with Crippen LogP contribution >= 0.6 is 15.9 Å². The Balaban J connectivity index is 2.55. The van der Waals surface area contributed by atoms with Crippen LogP contribution in [0.3, 0.4) is 0 Å². The van der Waals surface area contributed by atoms with Crippen LogP contribution < -0.4 is 5.32 Å². The van der Waals surface area contributed by atoms with Crippen molar-refractivity contribution in [2.24, 2.45) is 0 Å². The second-order valence-electron chi connectivity index (χ2n) is 4.15. The largest absolute Gasteiger partial charge is 0.378 e. The van der Waals surface area contributed by atoms with Crippen LogP contribution in [0, 0.1) is 10.1 Å². The number of aromatic nitrogens is 2. The molecule has 2 rings (SSSR count). The van der Waals surface area contributed by atoms with E-state index in [1.807, 2.05) is 0 Å². The van der Waals surface area contributed by atoms with Gasteiger partial charge < -0.3 is 10.1 Å². The van der Waals surface area contributed by atoms with Gasteiger partial charge in [-0.3, -0.25) is 10.1 Å². The standard InChI is InChI=1S/C13H13BrN4O3/c1-15-13-11(14)10(7-21-2)16-12(17-13)8-4-3-5-9(6-8)18(19)20/h3-6H,7H2,1-2H3,(H,15,16,17). The number of halogens is 1. The molecule has 0 saturated heterocycles. The number of nitro benzene ring substituents is 1. The molecule has 8 heteroatoms. The van der Waals surface area contributed by atoms with Gasteiger partial charge >= 0.3 is 0 Å². The van der Waals surface area contributed by atoms with Crippen LogP contribution in [0.25, 0.3) is 11.4 Å². The molecule has 0 atom stereocenters. The van der Waals surface area contributed by atoms with Crippen molar-refractivity contribution in [3.63, 3.8) is 0 Å². The molecule has 0 radical (unpaired) electrons. The number of non-ortho nitro benzene ring substituents is 1. The molecule has 2 aromatic rings. The average Bonchev–Trinajstić information content (AvgIpc) is 2.49. The van der Waals surface area contributed by atoms with E-state index in [0.29, 0.717) is 34.0 Å². The summed E-state index contributed by atoms with van der Waals surface area (Å²) in [7, 11) is 3.31. The van der Waals surface area contributed by atoms with E-state index >= 15 is 0 Å². The number of methoxy groups -OCH3 is 1. The highest BCUT2D eigenvalue weighted by Crippen LogP contribution is 2.28. The maximum atomic E-state index is 10.9. The Bertz CT molecular complexity index is 678. The molecule has 1 N–H and O–H groups in total. The lowest BCUT2D eigenvalue weighted by Crippen LogP contribution is -2.04. The molecule has 110 valence electrons. The number of nitrogens with one attached hydrogen (secondary N) is 1. The summed E-state index contributed by atoms with van der Waals surface area (Å²) >= 11 is 3.41. The number of benzene rings is 1. The van der Waals surface area contributed by atoms with E-state index in [1.165, 1.54) is 12.1 Å². The van der Waals surface area contributed by atoms with Crippen LogP contribution in [-0.4, -0.2) is 29.0 Å². The number of hydrogen-bond acceptors (Lipinski definition) is 6. The maximum absolute atomic E-state index is 10.9. The van der Waals surface area contributed by atoms with Crippen LogP contribution in [0.2, 0.25) is 0 Å². The number of anilines is 1. The normalized spacial score (nSPS) is 10.4. The Labute approximate surface area is 129 Å². The lowest BCUT2D eigenvalue weighted by Gasteiger charge is -2.10. The molecule has 0 unspecified atom stereocenters. The Morgan fingerprint density at radius 2 is 2.19 bits per heavy atom. The highest BCUT2D eigenvalue weighted by Gasteiger charge is 2.14. The van der Waals surface area contributed by atoms with Crippen molar-refractivity contribution in [3.8, 4) is 11.4 Å². The molecule has 7 nitrogen and oxygen atoms in total. The summed E-state index contributed by atoms with van der Waals surface area (Å²) in [5.41, 5.74) is 1.24. The third kappa shape index (κ3) is 3.34. The van der Waals surface area contributed by atoms with E-state index in [0.717, 1.165) is 0 Å². The molecule has 0 bridgehead atoms. The molecular formula is C13H13BrN4O3. The quantitative estimate of drug-likeness (QED) is 0.656. The molecule has 0 aliphatic carbocycles. The molecule has 1 aromatic carbocycles. The summed E-state index contributed by atoms with van der Waals surface area (Å²) in [6.45, 7) is 0.305. The lowest BCUT2D eigenvalue weighted by molar-refractivity contribution is -0.384. The van der Waals surface area contributed by atoms with Crippen molar-refractivity contribution < 1.29 is 9.66 Å². The Morgan fingerprint density at radius 1 is 1.43 bits per heavy atom. The van der Waals surface area contributed by atoms with Crippen molar-refractivity contribution >= 4 is 27.4 Å². The number of ether oxygens (including phenoxy) is 1. The SMILES string of the molecule is CNc1nc(-c2cccc([N+](=O)[O-])c2)nc(COC)c1Br. The van der Waals surface area contributed by atoms with E-state index in [-0.39, 0.29) is 5.69 Å².